The van der Waals surface area contributed by atoms with Gasteiger partial charge in [-0.2, -0.15) is 0 Å². The molecule has 3 heterocycles. The number of hydrogen-bond acceptors (Lipinski definition) is 16. The summed E-state index contributed by atoms with van der Waals surface area (Å²) in [5.74, 6) is -2.28. The fourth-order valence-corrected chi connectivity index (χ4v) is 4.99. The van der Waals surface area contributed by atoms with E-state index in [9.17, 15) is 50.8 Å². The lowest BCUT2D eigenvalue weighted by Crippen LogP contribution is -2.61. The molecule has 2 aromatic carbocycles. The minimum absolute atomic E-state index is 0.0151. The molecule has 240 valence electrons. The molecule has 1 aromatic heterocycles. The van der Waals surface area contributed by atoms with Gasteiger partial charge in [0, 0.05) is 17.7 Å². The largest absolute Gasteiger partial charge is 0.508 e. The molecule has 0 radical (unpaired) electrons. The Morgan fingerprint density at radius 2 is 1.48 bits per heavy atom. The minimum atomic E-state index is -1.94. The fraction of sp³-hybridized carbons (Fsp3) is 0.464. The molecule has 0 aliphatic carbocycles. The van der Waals surface area contributed by atoms with Crippen LogP contribution in [0, 0.1) is 0 Å². The zero-order chi connectivity index (χ0) is 32.0. The van der Waals surface area contributed by atoms with Gasteiger partial charge in [0.25, 0.3) is 0 Å². The number of phenols is 3. The Hall–Kier alpha value is -3.71. The number of fused-ring (bicyclic) bond motifs is 1. The van der Waals surface area contributed by atoms with Crippen molar-refractivity contribution in [1.29, 1.82) is 0 Å². The molecular weight excluding hydrogens is 592 g/mol. The quantitative estimate of drug-likeness (QED) is 0.147. The van der Waals surface area contributed by atoms with Crippen molar-refractivity contribution in [3.8, 4) is 40.1 Å². The SMILES string of the molecule is COc1cc(-c2oc3cc(O)cc(O)c3c(=O)c2O[C@@H]2O[C@H](CO[C@@H]3O[C@@H](C)[C@H](O)[C@@H](O)[C@H]3O)[C@@H](O)[C@@H](O)[C@@H]2O)ccc1O. The number of phenolic OH excluding ortho intramolecular Hbond substituents is 3. The molecule has 9 N–H and O–H groups in total. The lowest BCUT2D eigenvalue weighted by Gasteiger charge is -2.42. The maximum absolute atomic E-state index is 13.7. The van der Waals surface area contributed by atoms with Crippen LogP contribution in [0.4, 0.5) is 0 Å². The van der Waals surface area contributed by atoms with Gasteiger partial charge in [0.2, 0.25) is 17.5 Å². The van der Waals surface area contributed by atoms with E-state index < -0.39 is 96.1 Å². The van der Waals surface area contributed by atoms with Gasteiger partial charge in [0.1, 0.15) is 65.2 Å². The second-order valence-corrected chi connectivity index (χ2v) is 10.5. The van der Waals surface area contributed by atoms with Gasteiger partial charge < -0.3 is 74.1 Å². The lowest BCUT2D eigenvalue weighted by atomic mass is 9.98. The van der Waals surface area contributed by atoms with E-state index in [1.807, 2.05) is 0 Å². The fourth-order valence-electron chi connectivity index (χ4n) is 4.99. The summed E-state index contributed by atoms with van der Waals surface area (Å²) in [6, 6.07) is 5.83. The van der Waals surface area contributed by atoms with Crippen molar-refractivity contribution in [2.24, 2.45) is 0 Å². The predicted molar refractivity (Wildman–Crippen MR) is 145 cm³/mol. The summed E-state index contributed by atoms with van der Waals surface area (Å²) in [7, 11) is 1.28. The average molecular weight is 625 g/mol. The summed E-state index contributed by atoms with van der Waals surface area (Å²) < 4.78 is 33.2. The number of methoxy groups -OCH3 is 1. The van der Waals surface area contributed by atoms with Crippen molar-refractivity contribution >= 4 is 11.0 Å². The molecule has 2 fully saturated rings. The van der Waals surface area contributed by atoms with Crippen LogP contribution >= 0.6 is 0 Å². The molecule has 0 saturated carbocycles. The van der Waals surface area contributed by atoms with E-state index in [2.05, 4.69) is 0 Å². The van der Waals surface area contributed by atoms with Gasteiger partial charge in [-0.1, -0.05) is 0 Å². The summed E-state index contributed by atoms with van der Waals surface area (Å²) in [5.41, 5.74) is -1.11. The normalized spacial score (nSPS) is 32.5. The van der Waals surface area contributed by atoms with Gasteiger partial charge in [-0.15, -0.1) is 0 Å². The zero-order valence-electron chi connectivity index (χ0n) is 23.3. The van der Waals surface area contributed by atoms with Crippen LogP contribution in [0.5, 0.6) is 28.7 Å². The van der Waals surface area contributed by atoms with Crippen LogP contribution in [-0.4, -0.2) is 121 Å². The highest BCUT2D eigenvalue weighted by Gasteiger charge is 2.47. The number of ether oxygens (including phenoxy) is 5. The van der Waals surface area contributed by atoms with E-state index in [0.29, 0.717) is 0 Å². The highest BCUT2D eigenvalue weighted by atomic mass is 16.7. The van der Waals surface area contributed by atoms with Gasteiger partial charge in [-0.25, -0.2) is 0 Å². The van der Waals surface area contributed by atoms with E-state index >= 15 is 0 Å². The lowest BCUT2D eigenvalue weighted by molar-refractivity contribution is -0.318. The molecule has 0 spiro atoms. The predicted octanol–water partition coefficient (Wildman–Crippen LogP) is -1.38. The molecule has 16 nitrogen and oxygen atoms in total. The molecule has 0 unspecified atom stereocenters. The summed E-state index contributed by atoms with van der Waals surface area (Å²) >= 11 is 0. The van der Waals surface area contributed by atoms with Crippen molar-refractivity contribution < 1.29 is 74.1 Å². The van der Waals surface area contributed by atoms with Crippen molar-refractivity contribution in [2.75, 3.05) is 13.7 Å². The Balaban J connectivity index is 1.49. The zero-order valence-corrected chi connectivity index (χ0v) is 23.3. The Morgan fingerprint density at radius 1 is 0.795 bits per heavy atom. The third-order valence-corrected chi connectivity index (χ3v) is 7.50. The molecular formula is C28H32O16. The standard InChI is InChI=1S/C28H32O16/c1-9-18(32)21(35)23(37)27(41-9)40-8-16-19(33)22(36)24(38)28(43-16)44-26-20(34)17-13(31)6-11(29)7-15(17)42-25(26)10-3-4-12(30)14(5-10)39-2/h3-7,9,16,18-19,21-24,27-33,35-38H,8H2,1-2H3/t9-,16+,18-,19+,21+,22+,23+,24-,27+,28-/m0/s1. The summed E-state index contributed by atoms with van der Waals surface area (Å²) in [6.07, 6.45) is -16.0. The van der Waals surface area contributed by atoms with Gasteiger partial charge >= 0.3 is 0 Å². The second kappa shape index (κ2) is 12.4. The molecule has 3 aromatic rings. The monoisotopic (exact) mass is 624 g/mol. The van der Waals surface area contributed by atoms with E-state index in [1.165, 1.54) is 32.2 Å². The molecule has 16 heteroatoms. The highest BCUT2D eigenvalue weighted by molar-refractivity contribution is 5.88. The topological polar surface area (TPSA) is 258 Å². The first-order chi connectivity index (χ1) is 20.8. The molecule has 10 atom stereocenters. The van der Waals surface area contributed by atoms with E-state index in [-0.39, 0.29) is 28.4 Å². The van der Waals surface area contributed by atoms with Gasteiger partial charge in [0.05, 0.1) is 19.8 Å². The van der Waals surface area contributed by atoms with Crippen LogP contribution in [0.25, 0.3) is 22.3 Å². The molecule has 2 aliphatic rings. The minimum Gasteiger partial charge on any atom is -0.508 e. The van der Waals surface area contributed by atoms with Gasteiger partial charge in [-0.3, -0.25) is 4.79 Å². The number of benzene rings is 2. The molecule has 5 rings (SSSR count). The Labute approximate surface area is 248 Å². The molecule has 2 aliphatic heterocycles. The Bertz CT molecular complexity index is 1560. The Kier molecular flexibility index (Phi) is 8.90. The van der Waals surface area contributed by atoms with Gasteiger partial charge in [0.15, 0.2) is 23.5 Å². The first-order valence-corrected chi connectivity index (χ1v) is 13.4. The molecule has 0 amide bonds. The number of aliphatic hydroxyl groups is 6. The Morgan fingerprint density at radius 3 is 2.18 bits per heavy atom. The highest BCUT2D eigenvalue weighted by Crippen LogP contribution is 2.39. The van der Waals surface area contributed by atoms with Crippen LogP contribution in [0.1, 0.15) is 6.92 Å². The van der Waals surface area contributed by atoms with Crippen molar-refractivity contribution in [3.05, 3.63) is 40.6 Å². The maximum Gasteiger partial charge on any atom is 0.239 e. The average Bonchev–Trinajstić information content (AvgIpc) is 2.98. The van der Waals surface area contributed by atoms with Crippen molar-refractivity contribution in [3.63, 3.8) is 0 Å². The number of hydrogen-bond donors (Lipinski definition) is 9. The maximum atomic E-state index is 13.7. The summed E-state index contributed by atoms with van der Waals surface area (Å²) in [5, 5.41) is 92.1. The van der Waals surface area contributed by atoms with Gasteiger partial charge in [-0.05, 0) is 25.1 Å². The summed E-state index contributed by atoms with van der Waals surface area (Å²) in [6.45, 7) is 0.845. The smallest absolute Gasteiger partial charge is 0.239 e. The van der Waals surface area contributed by atoms with Crippen LogP contribution in [-0.2, 0) is 14.2 Å². The van der Waals surface area contributed by atoms with Crippen LogP contribution in [0.2, 0.25) is 0 Å². The number of aromatic hydroxyl groups is 3. The molecule has 0 bridgehead atoms. The third-order valence-electron chi connectivity index (χ3n) is 7.50. The number of rotatable bonds is 7. The van der Waals surface area contributed by atoms with Crippen LogP contribution < -0.4 is 14.9 Å². The summed E-state index contributed by atoms with van der Waals surface area (Å²) in [4.78, 5) is 13.7. The van der Waals surface area contributed by atoms with Crippen LogP contribution in [0.15, 0.2) is 39.5 Å². The first-order valence-electron chi connectivity index (χ1n) is 13.4. The van der Waals surface area contributed by atoms with E-state index in [1.54, 1.807) is 0 Å². The molecule has 44 heavy (non-hydrogen) atoms. The third kappa shape index (κ3) is 5.74. The van der Waals surface area contributed by atoms with E-state index in [4.69, 9.17) is 28.1 Å². The van der Waals surface area contributed by atoms with Crippen molar-refractivity contribution in [2.45, 2.75) is 68.3 Å². The molecule has 2 saturated heterocycles. The first kappa shape index (κ1) is 31.7. The number of aliphatic hydroxyl groups excluding tert-OH is 6. The van der Waals surface area contributed by atoms with Crippen LogP contribution in [0.3, 0.4) is 0 Å². The van der Waals surface area contributed by atoms with Crippen molar-refractivity contribution in [1.82, 2.24) is 0 Å². The second-order valence-electron chi connectivity index (χ2n) is 10.5. The van der Waals surface area contributed by atoms with E-state index in [0.717, 1.165) is 12.1 Å².